The van der Waals surface area contributed by atoms with Crippen LogP contribution in [-0.4, -0.2) is 35.1 Å². The van der Waals surface area contributed by atoms with Crippen molar-refractivity contribution in [1.29, 1.82) is 0 Å². The first-order chi connectivity index (χ1) is 11.2. The second kappa shape index (κ2) is 7.09. The van der Waals surface area contributed by atoms with Gasteiger partial charge in [0.15, 0.2) is 0 Å². The second-order valence-electron chi connectivity index (χ2n) is 5.43. The molecular weight excluding hydrogens is 297 g/mol. The quantitative estimate of drug-likeness (QED) is 0.945. The van der Waals surface area contributed by atoms with E-state index in [4.69, 9.17) is 4.74 Å². The molecule has 5 nitrogen and oxygen atoms in total. The summed E-state index contributed by atoms with van der Waals surface area (Å²) in [5.41, 5.74) is 0.588. The van der Waals surface area contributed by atoms with Gasteiger partial charge in [-0.05, 0) is 36.4 Å². The molecule has 0 radical (unpaired) electrons. The molecule has 2 heterocycles. The lowest BCUT2D eigenvalue weighted by Crippen LogP contribution is -2.43. The van der Waals surface area contributed by atoms with E-state index in [1.54, 1.807) is 29.4 Å². The molecule has 6 heteroatoms. The summed E-state index contributed by atoms with van der Waals surface area (Å²) < 4.78 is 18.7. The van der Waals surface area contributed by atoms with E-state index in [1.807, 2.05) is 12.1 Å². The standard InChI is InChI=1S/C17H18FN3O2/c18-13-3-5-14(6-4-13)20-17(22)21-10-7-15(8-11-21)23-16-2-1-9-19-12-16/h1-6,9,12,15H,7-8,10-11H2,(H,20,22). The molecule has 1 aliphatic rings. The molecule has 1 aliphatic heterocycles. The molecule has 1 fully saturated rings. The van der Waals surface area contributed by atoms with Crippen LogP contribution in [0.15, 0.2) is 48.8 Å². The number of nitrogens with zero attached hydrogens (tertiary/aromatic N) is 2. The number of halogens is 1. The summed E-state index contributed by atoms with van der Waals surface area (Å²) in [7, 11) is 0. The largest absolute Gasteiger partial charge is 0.489 e. The first kappa shape index (κ1) is 15.3. The molecule has 0 aliphatic carbocycles. The minimum Gasteiger partial charge on any atom is -0.489 e. The lowest BCUT2D eigenvalue weighted by Gasteiger charge is -2.32. The number of rotatable bonds is 3. The van der Waals surface area contributed by atoms with Crippen molar-refractivity contribution >= 4 is 11.7 Å². The number of anilines is 1. The van der Waals surface area contributed by atoms with Crippen LogP contribution in [0.1, 0.15) is 12.8 Å². The summed E-state index contributed by atoms with van der Waals surface area (Å²) in [6.07, 6.45) is 5.02. The van der Waals surface area contributed by atoms with Crippen molar-refractivity contribution in [2.45, 2.75) is 18.9 Å². The molecule has 1 aromatic heterocycles. The Morgan fingerprint density at radius 2 is 1.96 bits per heavy atom. The van der Waals surface area contributed by atoms with E-state index in [2.05, 4.69) is 10.3 Å². The van der Waals surface area contributed by atoms with Gasteiger partial charge in [0, 0.05) is 37.8 Å². The van der Waals surface area contributed by atoms with Crippen molar-refractivity contribution in [2.75, 3.05) is 18.4 Å². The van der Waals surface area contributed by atoms with Crippen molar-refractivity contribution in [3.63, 3.8) is 0 Å². The first-order valence-electron chi connectivity index (χ1n) is 7.59. The zero-order valence-electron chi connectivity index (χ0n) is 12.6. The molecule has 1 N–H and O–H groups in total. The third kappa shape index (κ3) is 4.18. The fraction of sp³-hybridized carbons (Fsp3) is 0.294. The highest BCUT2D eigenvalue weighted by molar-refractivity contribution is 5.89. The molecular formula is C17H18FN3O2. The fourth-order valence-electron chi connectivity index (χ4n) is 2.52. The molecule has 1 saturated heterocycles. The number of ether oxygens (including phenoxy) is 1. The van der Waals surface area contributed by atoms with Crippen LogP contribution in [0.5, 0.6) is 5.75 Å². The number of aromatic nitrogens is 1. The van der Waals surface area contributed by atoms with Gasteiger partial charge in [0.05, 0.1) is 6.20 Å². The molecule has 0 unspecified atom stereocenters. The van der Waals surface area contributed by atoms with E-state index in [-0.39, 0.29) is 18.0 Å². The van der Waals surface area contributed by atoms with Gasteiger partial charge in [0.25, 0.3) is 0 Å². The molecule has 2 amide bonds. The number of hydrogen-bond donors (Lipinski definition) is 1. The lowest BCUT2D eigenvalue weighted by atomic mass is 10.1. The molecule has 23 heavy (non-hydrogen) atoms. The number of nitrogens with one attached hydrogen (secondary N) is 1. The van der Waals surface area contributed by atoms with E-state index in [1.165, 1.54) is 12.1 Å². The number of piperidine rings is 1. The Morgan fingerprint density at radius 3 is 2.61 bits per heavy atom. The van der Waals surface area contributed by atoms with Crippen LogP contribution in [0.2, 0.25) is 0 Å². The van der Waals surface area contributed by atoms with Crippen molar-refractivity contribution in [3.8, 4) is 5.75 Å². The Labute approximate surface area is 134 Å². The van der Waals surface area contributed by atoms with E-state index < -0.39 is 0 Å². The van der Waals surface area contributed by atoms with Crippen LogP contribution in [0, 0.1) is 5.82 Å². The second-order valence-corrected chi connectivity index (χ2v) is 5.43. The van der Waals surface area contributed by atoms with Crippen LogP contribution >= 0.6 is 0 Å². The molecule has 2 aromatic rings. The Bertz CT molecular complexity index is 641. The average Bonchev–Trinajstić information content (AvgIpc) is 2.58. The van der Waals surface area contributed by atoms with Gasteiger partial charge < -0.3 is 15.0 Å². The molecule has 3 rings (SSSR count). The molecule has 1 aromatic carbocycles. The van der Waals surface area contributed by atoms with E-state index in [0.29, 0.717) is 18.8 Å². The molecule has 0 atom stereocenters. The number of amides is 2. The number of likely N-dealkylation sites (tertiary alicyclic amines) is 1. The van der Waals surface area contributed by atoms with E-state index in [9.17, 15) is 9.18 Å². The predicted octanol–water partition coefficient (Wildman–Crippen LogP) is 3.30. The number of hydrogen-bond acceptors (Lipinski definition) is 3. The van der Waals surface area contributed by atoms with Crippen molar-refractivity contribution in [2.24, 2.45) is 0 Å². The van der Waals surface area contributed by atoms with Crippen LogP contribution in [0.4, 0.5) is 14.9 Å². The Hall–Kier alpha value is -2.63. The van der Waals surface area contributed by atoms with Crippen LogP contribution in [0.25, 0.3) is 0 Å². The fourth-order valence-corrected chi connectivity index (χ4v) is 2.52. The van der Waals surface area contributed by atoms with Gasteiger partial charge in [-0.1, -0.05) is 0 Å². The number of carbonyl (C=O) groups is 1. The minimum absolute atomic E-state index is 0.0917. The predicted molar refractivity (Wildman–Crippen MR) is 84.9 cm³/mol. The average molecular weight is 315 g/mol. The maximum absolute atomic E-state index is 12.9. The molecule has 0 bridgehead atoms. The minimum atomic E-state index is -0.323. The van der Waals surface area contributed by atoms with Crippen molar-refractivity contribution < 1.29 is 13.9 Å². The summed E-state index contributed by atoms with van der Waals surface area (Å²) in [5, 5.41) is 2.77. The van der Waals surface area contributed by atoms with Gasteiger partial charge in [-0.3, -0.25) is 4.98 Å². The highest BCUT2D eigenvalue weighted by Gasteiger charge is 2.24. The van der Waals surface area contributed by atoms with Gasteiger partial charge in [0.1, 0.15) is 17.7 Å². The summed E-state index contributed by atoms with van der Waals surface area (Å²) in [5.74, 6) is 0.429. The van der Waals surface area contributed by atoms with E-state index in [0.717, 1.165) is 18.6 Å². The first-order valence-corrected chi connectivity index (χ1v) is 7.59. The van der Waals surface area contributed by atoms with Gasteiger partial charge in [-0.15, -0.1) is 0 Å². The summed E-state index contributed by atoms with van der Waals surface area (Å²) in [4.78, 5) is 18.0. The third-order valence-electron chi connectivity index (χ3n) is 3.76. The Kier molecular flexibility index (Phi) is 4.71. The number of pyridine rings is 1. The number of carbonyl (C=O) groups excluding carboxylic acids is 1. The highest BCUT2D eigenvalue weighted by atomic mass is 19.1. The number of urea groups is 1. The van der Waals surface area contributed by atoms with Crippen molar-refractivity contribution in [3.05, 3.63) is 54.6 Å². The normalized spacial score (nSPS) is 15.3. The van der Waals surface area contributed by atoms with Gasteiger partial charge in [-0.2, -0.15) is 0 Å². The molecule has 120 valence electrons. The Morgan fingerprint density at radius 1 is 1.22 bits per heavy atom. The van der Waals surface area contributed by atoms with Crippen LogP contribution in [0.3, 0.4) is 0 Å². The van der Waals surface area contributed by atoms with Gasteiger partial charge in [-0.25, -0.2) is 9.18 Å². The van der Waals surface area contributed by atoms with Gasteiger partial charge >= 0.3 is 6.03 Å². The zero-order valence-corrected chi connectivity index (χ0v) is 12.6. The van der Waals surface area contributed by atoms with E-state index >= 15 is 0 Å². The zero-order chi connectivity index (χ0) is 16.1. The smallest absolute Gasteiger partial charge is 0.321 e. The lowest BCUT2D eigenvalue weighted by molar-refractivity contribution is 0.115. The summed E-state index contributed by atoms with van der Waals surface area (Å²) in [6, 6.07) is 9.28. The van der Waals surface area contributed by atoms with Crippen LogP contribution < -0.4 is 10.1 Å². The monoisotopic (exact) mass is 315 g/mol. The van der Waals surface area contributed by atoms with Crippen LogP contribution in [-0.2, 0) is 0 Å². The maximum Gasteiger partial charge on any atom is 0.321 e. The topological polar surface area (TPSA) is 54.5 Å². The highest BCUT2D eigenvalue weighted by Crippen LogP contribution is 2.19. The summed E-state index contributed by atoms with van der Waals surface area (Å²) >= 11 is 0. The Balaban J connectivity index is 1.48. The molecule has 0 spiro atoms. The third-order valence-corrected chi connectivity index (χ3v) is 3.76. The van der Waals surface area contributed by atoms with Gasteiger partial charge in [0.2, 0.25) is 0 Å². The molecule has 0 saturated carbocycles. The SMILES string of the molecule is O=C(Nc1ccc(F)cc1)N1CCC(Oc2cccnc2)CC1. The summed E-state index contributed by atoms with van der Waals surface area (Å²) in [6.45, 7) is 1.25. The number of benzene rings is 1. The maximum atomic E-state index is 12.9. The van der Waals surface area contributed by atoms with Crippen molar-refractivity contribution in [1.82, 2.24) is 9.88 Å².